The number of carbonyl (C=O) groups is 2. The van der Waals surface area contributed by atoms with Crippen molar-refractivity contribution in [3.8, 4) is 0 Å². The van der Waals surface area contributed by atoms with Crippen LogP contribution in [-0.4, -0.2) is 40.2 Å². The Hall–Kier alpha value is -1.59. The van der Waals surface area contributed by atoms with Gasteiger partial charge in [-0.1, -0.05) is 56.0 Å². The molecule has 1 aliphatic heterocycles. The maximum atomic E-state index is 13.1. The van der Waals surface area contributed by atoms with Crippen LogP contribution < -0.4 is 0 Å². The highest BCUT2D eigenvalue weighted by molar-refractivity contribution is 8.04. The third kappa shape index (κ3) is 3.42. The number of benzene rings is 1. The summed E-state index contributed by atoms with van der Waals surface area (Å²) in [5.74, 6) is 0.0752. The first-order valence-electron chi connectivity index (χ1n) is 8.65. The van der Waals surface area contributed by atoms with E-state index in [1.807, 2.05) is 30.3 Å². The van der Waals surface area contributed by atoms with Gasteiger partial charge in [0.15, 0.2) is 0 Å². The highest BCUT2D eigenvalue weighted by atomic mass is 32.2. The summed E-state index contributed by atoms with van der Waals surface area (Å²) < 4.78 is 0. The number of imide groups is 1. The molecule has 0 spiro atoms. The van der Waals surface area contributed by atoms with Crippen molar-refractivity contribution in [2.24, 2.45) is 0 Å². The Labute approximate surface area is 146 Å². The molecule has 0 atom stereocenters. The second-order valence-electron chi connectivity index (χ2n) is 6.27. The van der Waals surface area contributed by atoms with Crippen molar-refractivity contribution in [1.29, 1.82) is 0 Å². The molecule has 24 heavy (non-hydrogen) atoms. The highest BCUT2D eigenvalue weighted by Crippen LogP contribution is 2.38. The molecule has 0 aromatic heterocycles. The lowest BCUT2D eigenvalue weighted by molar-refractivity contribution is -0.139. The van der Waals surface area contributed by atoms with Crippen LogP contribution in [0.25, 0.3) is 5.57 Å². The lowest BCUT2D eigenvalue weighted by atomic mass is 10.0. The fourth-order valence-corrected chi connectivity index (χ4v) is 4.38. The van der Waals surface area contributed by atoms with Crippen LogP contribution in [0.15, 0.2) is 35.2 Å². The predicted octanol–water partition coefficient (Wildman–Crippen LogP) is 3.21. The van der Waals surface area contributed by atoms with Crippen LogP contribution in [0.4, 0.5) is 0 Å². The van der Waals surface area contributed by atoms with Gasteiger partial charge in [0.2, 0.25) is 0 Å². The normalized spacial score (nSPS) is 20.0. The summed E-state index contributed by atoms with van der Waals surface area (Å²) in [4.78, 5) is 28.0. The summed E-state index contributed by atoms with van der Waals surface area (Å²) in [7, 11) is 0. The number of hydrogen-bond acceptors (Lipinski definition) is 4. The molecule has 0 saturated heterocycles. The average Bonchev–Trinajstić information content (AvgIpc) is 2.78. The van der Waals surface area contributed by atoms with Gasteiger partial charge in [0.05, 0.1) is 17.1 Å². The molecule has 4 nitrogen and oxygen atoms in total. The SMILES string of the molecule is O=C1C(SCCO)=C(c2ccccc2)C(=O)N1C1CCCCCC1. The zero-order chi connectivity index (χ0) is 16.9. The smallest absolute Gasteiger partial charge is 0.268 e. The highest BCUT2D eigenvalue weighted by Gasteiger charge is 2.42. The van der Waals surface area contributed by atoms with Crippen molar-refractivity contribution < 1.29 is 14.7 Å². The molecule has 128 valence electrons. The zero-order valence-electron chi connectivity index (χ0n) is 13.7. The van der Waals surface area contributed by atoms with Gasteiger partial charge in [-0.15, -0.1) is 11.8 Å². The first kappa shape index (κ1) is 17.2. The molecule has 2 amide bonds. The summed E-state index contributed by atoms with van der Waals surface area (Å²) in [5.41, 5.74) is 1.29. The van der Waals surface area contributed by atoms with Gasteiger partial charge in [0.25, 0.3) is 11.8 Å². The molecule has 1 saturated carbocycles. The summed E-state index contributed by atoms with van der Waals surface area (Å²) in [5, 5.41) is 9.13. The average molecular weight is 345 g/mol. The lowest BCUT2D eigenvalue weighted by Crippen LogP contribution is -2.40. The fraction of sp³-hybridized carbons (Fsp3) is 0.474. The molecule has 0 unspecified atom stereocenters. The summed E-state index contributed by atoms with van der Waals surface area (Å²) in [6, 6.07) is 9.41. The van der Waals surface area contributed by atoms with Crippen molar-refractivity contribution in [3.05, 3.63) is 40.8 Å². The first-order chi connectivity index (χ1) is 11.7. The summed E-state index contributed by atoms with van der Waals surface area (Å²) in [6.07, 6.45) is 6.30. The number of nitrogens with zero attached hydrogens (tertiary/aromatic N) is 1. The third-order valence-electron chi connectivity index (χ3n) is 4.66. The van der Waals surface area contributed by atoms with Crippen molar-refractivity contribution in [1.82, 2.24) is 4.90 Å². The predicted molar refractivity (Wildman–Crippen MR) is 96.2 cm³/mol. The van der Waals surface area contributed by atoms with Crippen molar-refractivity contribution in [2.45, 2.75) is 44.6 Å². The number of thioether (sulfide) groups is 1. The molecule has 0 bridgehead atoms. The molecule has 3 rings (SSSR count). The Morgan fingerprint density at radius 3 is 2.29 bits per heavy atom. The number of carbonyl (C=O) groups excluding carboxylic acids is 2. The van der Waals surface area contributed by atoms with Crippen LogP contribution in [0.3, 0.4) is 0 Å². The van der Waals surface area contributed by atoms with Crippen LogP contribution in [-0.2, 0) is 9.59 Å². The number of aliphatic hydroxyl groups is 1. The molecular weight excluding hydrogens is 322 g/mol. The Bertz CT molecular complexity index is 633. The Morgan fingerprint density at radius 2 is 1.67 bits per heavy atom. The minimum absolute atomic E-state index is 0.0124. The van der Waals surface area contributed by atoms with Crippen LogP contribution in [0.2, 0.25) is 0 Å². The van der Waals surface area contributed by atoms with Gasteiger partial charge in [0.1, 0.15) is 0 Å². The van der Waals surface area contributed by atoms with E-state index in [1.54, 1.807) is 0 Å². The Kier molecular flexibility index (Phi) is 5.74. The standard InChI is InChI=1S/C19H23NO3S/c21-12-13-24-17-16(14-8-4-3-5-9-14)18(22)20(19(17)23)15-10-6-1-2-7-11-15/h3-5,8-9,15,21H,1-2,6-7,10-13H2. The van der Waals surface area contributed by atoms with Crippen LogP contribution in [0, 0.1) is 0 Å². The van der Waals surface area contributed by atoms with Crippen LogP contribution in [0.1, 0.15) is 44.1 Å². The molecule has 1 heterocycles. The fourth-order valence-electron chi connectivity index (χ4n) is 3.51. The van der Waals surface area contributed by atoms with E-state index in [2.05, 4.69) is 0 Å². The molecule has 2 aliphatic rings. The van der Waals surface area contributed by atoms with Crippen LogP contribution >= 0.6 is 11.8 Å². The molecule has 1 fully saturated rings. The molecule has 1 aromatic rings. The second kappa shape index (κ2) is 7.99. The largest absolute Gasteiger partial charge is 0.396 e. The number of rotatable bonds is 5. The van der Waals surface area contributed by atoms with Crippen molar-refractivity contribution in [2.75, 3.05) is 12.4 Å². The monoisotopic (exact) mass is 345 g/mol. The number of aliphatic hydroxyl groups excluding tert-OH is 1. The molecule has 0 radical (unpaired) electrons. The van der Waals surface area contributed by atoms with Gasteiger partial charge in [0, 0.05) is 11.8 Å². The van der Waals surface area contributed by atoms with Gasteiger partial charge in [-0.25, -0.2) is 0 Å². The van der Waals surface area contributed by atoms with E-state index in [1.165, 1.54) is 29.5 Å². The van der Waals surface area contributed by atoms with E-state index >= 15 is 0 Å². The minimum Gasteiger partial charge on any atom is -0.396 e. The minimum atomic E-state index is -0.177. The van der Waals surface area contributed by atoms with E-state index in [0.717, 1.165) is 31.2 Å². The van der Waals surface area contributed by atoms with Crippen molar-refractivity contribution in [3.63, 3.8) is 0 Å². The van der Waals surface area contributed by atoms with E-state index in [9.17, 15) is 9.59 Å². The van der Waals surface area contributed by atoms with Gasteiger partial charge >= 0.3 is 0 Å². The quantitative estimate of drug-likeness (QED) is 0.658. The second-order valence-corrected chi connectivity index (χ2v) is 7.37. The van der Waals surface area contributed by atoms with Crippen molar-refractivity contribution >= 4 is 29.1 Å². The summed E-state index contributed by atoms with van der Waals surface area (Å²) >= 11 is 1.29. The Morgan fingerprint density at radius 1 is 1.00 bits per heavy atom. The third-order valence-corrected chi connectivity index (χ3v) is 5.72. The van der Waals surface area contributed by atoms with Crippen LogP contribution in [0.5, 0.6) is 0 Å². The molecule has 1 N–H and O–H groups in total. The maximum absolute atomic E-state index is 13.1. The van der Waals surface area contributed by atoms with E-state index in [4.69, 9.17) is 5.11 Å². The van der Waals surface area contributed by atoms with Gasteiger partial charge in [-0.2, -0.15) is 0 Å². The zero-order valence-corrected chi connectivity index (χ0v) is 14.6. The molecule has 1 aliphatic carbocycles. The van der Waals surface area contributed by atoms with Gasteiger partial charge in [-0.05, 0) is 18.4 Å². The van der Waals surface area contributed by atoms with E-state index in [0.29, 0.717) is 16.2 Å². The molecule has 1 aromatic carbocycles. The number of hydrogen-bond donors (Lipinski definition) is 1. The number of amides is 2. The topological polar surface area (TPSA) is 57.6 Å². The van der Waals surface area contributed by atoms with Gasteiger partial charge in [-0.3, -0.25) is 14.5 Å². The molecular formula is C19H23NO3S. The Balaban J connectivity index is 1.94. The van der Waals surface area contributed by atoms with E-state index in [-0.39, 0.29) is 24.5 Å². The first-order valence-corrected chi connectivity index (χ1v) is 9.64. The van der Waals surface area contributed by atoms with E-state index < -0.39 is 0 Å². The maximum Gasteiger partial charge on any atom is 0.268 e. The molecule has 5 heteroatoms. The van der Waals surface area contributed by atoms with Gasteiger partial charge < -0.3 is 5.11 Å². The summed E-state index contributed by atoms with van der Waals surface area (Å²) in [6.45, 7) is -0.0128. The lowest BCUT2D eigenvalue weighted by Gasteiger charge is -2.25.